The van der Waals surface area contributed by atoms with Gasteiger partial charge in [0.1, 0.15) is 23.3 Å². The van der Waals surface area contributed by atoms with Crippen molar-refractivity contribution in [2.75, 3.05) is 0 Å². The van der Waals surface area contributed by atoms with Gasteiger partial charge in [-0.1, -0.05) is 62.2 Å². The van der Waals surface area contributed by atoms with Gasteiger partial charge in [-0.25, -0.2) is 8.78 Å². The molecular weight excluding hydrogens is 429 g/mol. The molecule has 1 saturated heterocycles. The van der Waals surface area contributed by atoms with Crippen molar-refractivity contribution in [1.29, 1.82) is 5.26 Å². The average molecular weight is 451 g/mol. The maximum atomic E-state index is 15.2. The fraction of sp³-hybridized carbons (Fsp3) is 0.391. The normalized spacial score (nSPS) is 26.4. The van der Waals surface area contributed by atoms with Crippen LogP contribution in [0, 0.1) is 28.4 Å². The van der Waals surface area contributed by atoms with Gasteiger partial charge in [-0.2, -0.15) is 5.26 Å². The molecule has 1 heterocycles. The van der Waals surface area contributed by atoms with E-state index in [0.29, 0.717) is 12.7 Å². The third kappa shape index (κ3) is 3.85. The first-order valence-corrected chi connectivity index (χ1v) is 10.3. The van der Waals surface area contributed by atoms with Crippen LogP contribution in [0.5, 0.6) is 0 Å². The maximum absolute atomic E-state index is 15.2. The topological polar surface area (TPSA) is 52.9 Å². The van der Waals surface area contributed by atoms with Crippen molar-refractivity contribution in [2.24, 2.45) is 5.41 Å². The number of carbonyl (C=O) groups excluding carboxylic acids is 1. The molecule has 2 aromatic carbocycles. The molecule has 1 aliphatic heterocycles. The Morgan fingerprint density at radius 3 is 2.50 bits per heavy atom. The lowest BCUT2D eigenvalue weighted by Crippen LogP contribution is -2.44. The van der Waals surface area contributed by atoms with Gasteiger partial charge in [0, 0.05) is 22.5 Å². The maximum Gasteiger partial charge on any atom is 0.145 e. The molecule has 1 aliphatic rings. The zero-order chi connectivity index (χ0) is 22.3. The van der Waals surface area contributed by atoms with E-state index in [1.807, 2.05) is 20.8 Å². The lowest BCUT2D eigenvalue weighted by atomic mass is 9.63. The molecule has 7 heteroatoms. The second-order valence-corrected chi connectivity index (χ2v) is 9.72. The minimum Gasteiger partial charge on any atom is -0.302 e. The Bertz CT molecular complexity index is 1020. The SMILES string of the molecule is CC(C)(C)C[C@@H]1N[C@@H](C=O)[C@H](c2cccc(Cl)c2F)[C@@]1(C#N)c1ccc(Cl)cc1F. The Labute approximate surface area is 185 Å². The lowest BCUT2D eigenvalue weighted by molar-refractivity contribution is -0.109. The van der Waals surface area contributed by atoms with Crippen molar-refractivity contribution >= 4 is 29.5 Å². The third-order valence-corrected chi connectivity index (χ3v) is 6.16. The number of carbonyl (C=O) groups is 1. The number of hydrogen-bond acceptors (Lipinski definition) is 3. The Kier molecular flexibility index (Phi) is 6.25. The summed E-state index contributed by atoms with van der Waals surface area (Å²) in [5, 5.41) is 13.7. The van der Waals surface area contributed by atoms with E-state index in [2.05, 4.69) is 11.4 Å². The van der Waals surface area contributed by atoms with Gasteiger partial charge in [-0.3, -0.25) is 0 Å². The highest BCUT2D eigenvalue weighted by Gasteiger charge is 2.59. The number of nitriles is 1. The molecule has 0 amide bonds. The Balaban J connectivity index is 2.35. The molecular formula is C23H22Cl2F2N2O. The van der Waals surface area contributed by atoms with Crippen molar-refractivity contribution in [2.45, 2.75) is 50.6 Å². The van der Waals surface area contributed by atoms with Crippen molar-refractivity contribution in [1.82, 2.24) is 5.32 Å². The van der Waals surface area contributed by atoms with Crippen LogP contribution in [0.4, 0.5) is 8.78 Å². The van der Waals surface area contributed by atoms with Crippen LogP contribution in [0.25, 0.3) is 0 Å². The minimum absolute atomic E-state index is 0.0740. The first kappa shape index (κ1) is 22.7. The van der Waals surface area contributed by atoms with Gasteiger partial charge in [-0.05, 0) is 35.6 Å². The second-order valence-electron chi connectivity index (χ2n) is 8.87. The summed E-state index contributed by atoms with van der Waals surface area (Å²) in [4.78, 5) is 12.0. The Morgan fingerprint density at radius 1 is 1.23 bits per heavy atom. The molecule has 0 bridgehead atoms. The van der Waals surface area contributed by atoms with Crippen LogP contribution in [0.3, 0.4) is 0 Å². The van der Waals surface area contributed by atoms with Gasteiger partial charge in [-0.15, -0.1) is 0 Å². The summed E-state index contributed by atoms with van der Waals surface area (Å²) in [6.45, 7) is 5.95. The average Bonchev–Trinajstić information content (AvgIpc) is 2.96. The van der Waals surface area contributed by atoms with E-state index in [-0.39, 0.29) is 26.6 Å². The molecule has 158 valence electrons. The molecule has 3 rings (SSSR count). The summed E-state index contributed by atoms with van der Waals surface area (Å²) in [5.41, 5.74) is -1.64. The van der Waals surface area contributed by atoms with Crippen LogP contribution in [-0.4, -0.2) is 18.4 Å². The second kappa shape index (κ2) is 8.26. The molecule has 0 unspecified atom stereocenters. The van der Waals surface area contributed by atoms with E-state index in [9.17, 15) is 10.1 Å². The van der Waals surface area contributed by atoms with Gasteiger partial charge in [0.2, 0.25) is 0 Å². The quantitative estimate of drug-likeness (QED) is 0.599. The van der Waals surface area contributed by atoms with Gasteiger partial charge < -0.3 is 10.1 Å². The molecule has 4 atom stereocenters. The van der Waals surface area contributed by atoms with E-state index in [4.69, 9.17) is 23.2 Å². The van der Waals surface area contributed by atoms with Gasteiger partial charge in [0.05, 0.1) is 17.1 Å². The number of benzene rings is 2. The summed E-state index contributed by atoms with van der Waals surface area (Å²) in [6.07, 6.45) is 1.10. The van der Waals surface area contributed by atoms with Crippen LogP contribution < -0.4 is 5.32 Å². The third-order valence-electron chi connectivity index (χ3n) is 5.63. The van der Waals surface area contributed by atoms with Crippen molar-refractivity contribution in [3.05, 3.63) is 69.2 Å². The number of nitrogens with one attached hydrogen (secondary N) is 1. The Morgan fingerprint density at radius 2 is 1.93 bits per heavy atom. The van der Waals surface area contributed by atoms with Crippen molar-refractivity contribution < 1.29 is 13.6 Å². The van der Waals surface area contributed by atoms with Crippen LogP contribution >= 0.6 is 23.2 Å². The molecule has 1 fully saturated rings. The fourth-order valence-electron chi connectivity index (χ4n) is 4.50. The van der Waals surface area contributed by atoms with E-state index < -0.39 is 35.1 Å². The van der Waals surface area contributed by atoms with Crippen LogP contribution in [0.2, 0.25) is 10.0 Å². The van der Waals surface area contributed by atoms with Gasteiger partial charge in [0.15, 0.2) is 0 Å². The van der Waals surface area contributed by atoms with Crippen molar-refractivity contribution in [3.63, 3.8) is 0 Å². The largest absolute Gasteiger partial charge is 0.302 e. The van der Waals surface area contributed by atoms with Crippen LogP contribution in [0.15, 0.2) is 36.4 Å². The predicted molar refractivity (Wildman–Crippen MR) is 114 cm³/mol. The highest BCUT2D eigenvalue weighted by Crippen LogP contribution is 2.52. The molecule has 3 nitrogen and oxygen atoms in total. The molecule has 0 aromatic heterocycles. The summed E-state index contributed by atoms with van der Waals surface area (Å²) >= 11 is 11.9. The van der Waals surface area contributed by atoms with E-state index >= 15 is 8.78 Å². The number of nitrogens with zero attached hydrogens (tertiary/aromatic N) is 1. The molecule has 2 aromatic rings. The predicted octanol–water partition coefficient (Wildman–Crippen LogP) is 5.79. The van der Waals surface area contributed by atoms with E-state index in [1.54, 1.807) is 6.07 Å². The standard InChI is InChI=1S/C23H22Cl2F2N2O/c1-22(2,3)10-19-23(12-28,15-8-7-13(24)9-17(15)26)20(18(11-30)29-19)14-5-4-6-16(25)21(14)27/h4-9,11,18-20,29H,10H2,1-3H3/t18-,19-,20-,23-/m0/s1. The Hall–Kier alpha value is -2.00. The number of rotatable bonds is 4. The minimum atomic E-state index is -1.56. The molecule has 0 radical (unpaired) electrons. The molecule has 0 saturated carbocycles. The first-order valence-electron chi connectivity index (χ1n) is 9.57. The number of halogens is 4. The summed E-state index contributed by atoms with van der Waals surface area (Å²) in [7, 11) is 0. The lowest BCUT2D eigenvalue weighted by Gasteiger charge is -2.37. The fourth-order valence-corrected chi connectivity index (χ4v) is 4.84. The van der Waals surface area contributed by atoms with Crippen LogP contribution in [-0.2, 0) is 10.2 Å². The smallest absolute Gasteiger partial charge is 0.145 e. The zero-order valence-electron chi connectivity index (χ0n) is 16.8. The summed E-state index contributed by atoms with van der Waals surface area (Å²) in [5.74, 6) is -2.38. The summed E-state index contributed by atoms with van der Waals surface area (Å²) < 4.78 is 30.3. The molecule has 0 aliphatic carbocycles. The first-order chi connectivity index (χ1) is 14.0. The monoisotopic (exact) mass is 450 g/mol. The molecule has 0 spiro atoms. The number of aldehydes is 1. The highest BCUT2D eigenvalue weighted by molar-refractivity contribution is 6.31. The van der Waals surface area contributed by atoms with E-state index in [0.717, 1.165) is 6.07 Å². The molecule has 1 N–H and O–H groups in total. The number of hydrogen-bond donors (Lipinski definition) is 1. The van der Waals surface area contributed by atoms with Crippen LogP contribution in [0.1, 0.15) is 44.2 Å². The molecule has 30 heavy (non-hydrogen) atoms. The van der Waals surface area contributed by atoms with E-state index in [1.165, 1.54) is 24.3 Å². The van der Waals surface area contributed by atoms with Gasteiger partial charge in [0.25, 0.3) is 0 Å². The van der Waals surface area contributed by atoms with Crippen molar-refractivity contribution in [3.8, 4) is 6.07 Å². The summed E-state index contributed by atoms with van der Waals surface area (Å²) in [6, 6.07) is 9.26. The zero-order valence-corrected chi connectivity index (χ0v) is 18.4. The van der Waals surface area contributed by atoms with Gasteiger partial charge >= 0.3 is 0 Å². The highest BCUT2D eigenvalue weighted by atomic mass is 35.5.